The van der Waals surface area contributed by atoms with Gasteiger partial charge in [0, 0.05) is 33.3 Å². The van der Waals surface area contributed by atoms with Gasteiger partial charge in [0.1, 0.15) is 11.2 Å². The zero-order valence-corrected chi connectivity index (χ0v) is 35.0. The van der Waals surface area contributed by atoms with E-state index in [0.29, 0.717) is 0 Å². The highest BCUT2D eigenvalue weighted by Crippen LogP contribution is 2.45. The number of anilines is 3. The van der Waals surface area contributed by atoms with Crippen molar-refractivity contribution in [1.82, 2.24) is 0 Å². The molecule has 1 heterocycles. The lowest BCUT2D eigenvalue weighted by Crippen LogP contribution is -2.11. The van der Waals surface area contributed by atoms with Crippen molar-refractivity contribution >= 4 is 60.5 Å². The number of nitrogens with zero attached hydrogens (tertiary/aromatic N) is 1. The lowest BCUT2D eigenvalue weighted by molar-refractivity contribution is 0.670. The Morgan fingerprint density at radius 1 is 0.266 bits per heavy atom. The normalized spacial score (nSPS) is 11.4. The van der Waals surface area contributed by atoms with Gasteiger partial charge in [0.15, 0.2) is 0 Å². The molecular formula is C62H41NO. The van der Waals surface area contributed by atoms with Crippen molar-refractivity contribution in [3.63, 3.8) is 0 Å². The van der Waals surface area contributed by atoms with Gasteiger partial charge in [0.25, 0.3) is 0 Å². The number of hydrogen-bond donors (Lipinski definition) is 0. The minimum absolute atomic E-state index is 0.887. The summed E-state index contributed by atoms with van der Waals surface area (Å²) in [6.07, 6.45) is 0. The maximum atomic E-state index is 6.63. The van der Waals surface area contributed by atoms with Crippen LogP contribution in [-0.2, 0) is 0 Å². The number of rotatable bonds is 8. The van der Waals surface area contributed by atoms with Crippen LogP contribution in [0, 0.1) is 0 Å². The first-order valence-corrected chi connectivity index (χ1v) is 21.9. The standard InChI is InChI=1S/C62H41NO/c1-3-19-52-45(13-1)15-10-23-54(52)47-33-29-42(30-34-47)43-37-39-50(40-38-43)63(60-27-7-5-21-56(60)58-25-12-26-59-57-22-6-8-28-61(57)64-62(58)59)51-18-9-17-49(41-51)44-31-35-48(36-32-44)55-24-11-16-46-14-2-4-20-53(46)55/h1-41H. The van der Waals surface area contributed by atoms with Crippen LogP contribution in [0.3, 0.4) is 0 Å². The highest BCUT2D eigenvalue weighted by Gasteiger charge is 2.21. The summed E-state index contributed by atoms with van der Waals surface area (Å²) in [5.74, 6) is 0. The third-order valence-electron chi connectivity index (χ3n) is 12.7. The Kier molecular flexibility index (Phi) is 9.20. The minimum Gasteiger partial charge on any atom is -0.455 e. The first kappa shape index (κ1) is 37.3. The molecule has 0 fully saturated rings. The molecule has 0 unspecified atom stereocenters. The number of furan rings is 1. The zero-order chi connectivity index (χ0) is 42.4. The molecular weight excluding hydrogens is 775 g/mol. The molecule has 12 aromatic rings. The van der Waals surface area contributed by atoms with Gasteiger partial charge in [-0.1, -0.05) is 212 Å². The molecule has 0 atom stereocenters. The summed E-state index contributed by atoms with van der Waals surface area (Å²) in [7, 11) is 0. The van der Waals surface area contributed by atoms with Crippen LogP contribution in [0.15, 0.2) is 253 Å². The van der Waals surface area contributed by atoms with Crippen LogP contribution in [0.5, 0.6) is 0 Å². The molecule has 1 aromatic heterocycles. The maximum Gasteiger partial charge on any atom is 0.143 e. The molecule has 0 spiro atoms. The van der Waals surface area contributed by atoms with Gasteiger partial charge in [-0.2, -0.15) is 0 Å². The molecule has 0 amide bonds. The maximum absolute atomic E-state index is 6.63. The molecule has 0 N–H and O–H groups in total. The van der Waals surface area contributed by atoms with E-state index in [9.17, 15) is 0 Å². The summed E-state index contributed by atoms with van der Waals surface area (Å²) >= 11 is 0. The Morgan fingerprint density at radius 3 is 1.39 bits per heavy atom. The highest BCUT2D eigenvalue weighted by atomic mass is 16.3. The molecule has 2 nitrogen and oxygen atoms in total. The van der Waals surface area contributed by atoms with E-state index < -0.39 is 0 Å². The first-order valence-electron chi connectivity index (χ1n) is 21.9. The summed E-state index contributed by atoms with van der Waals surface area (Å²) in [6, 6.07) is 89.6. The zero-order valence-electron chi connectivity index (χ0n) is 35.0. The topological polar surface area (TPSA) is 16.4 Å². The fourth-order valence-electron chi connectivity index (χ4n) is 9.55. The largest absolute Gasteiger partial charge is 0.455 e. The summed E-state index contributed by atoms with van der Waals surface area (Å²) in [4.78, 5) is 2.39. The van der Waals surface area contributed by atoms with E-state index in [2.05, 4.69) is 248 Å². The van der Waals surface area contributed by atoms with E-state index in [-0.39, 0.29) is 0 Å². The smallest absolute Gasteiger partial charge is 0.143 e. The molecule has 300 valence electrons. The Hall–Kier alpha value is -8.46. The van der Waals surface area contributed by atoms with E-state index in [1.165, 1.54) is 49.4 Å². The van der Waals surface area contributed by atoms with Crippen LogP contribution in [0.1, 0.15) is 0 Å². The van der Waals surface area contributed by atoms with Crippen molar-refractivity contribution in [2.24, 2.45) is 0 Å². The second-order valence-corrected chi connectivity index (χ2v) is 16.4. The average Bonchev–Trinajstić information content (AvgIpc) is 3.76. The van der Waals surface area contributed by atoms with Gasteiger partial charge in [0.2, 0.25) is 0 Å². The molecule has 2 heteroatoms. The molecule has 11 aromatic carbocycles. The molecule has 64 heavy (non-hydrogen) atoms. The number of hydrogen-bond acceptors (Lipinski definition) is 2. The SMILES string of the molecule is c1cc(-c2ccc(-c3cccc4ccccc34)cc2)cc(N(c2ccc(-c3ccc(-c4cccc5ccccc45)cc3)cc2)c2ccccc2-c2cccc3c2oc2ccccc23)c1. The van der Waals surface area contributed by atoms with Crippen molar-refractivity contribution in [3.8, 4) is 55.6 Å². The van der Waals surface area contributed by atoms with Crippen LogP contribution in [0.2, 0.25) is 0 Å². The Morgan fingerprint density at radius 2 is 0.719 bits per heavy atom. The van der Waals surface area contributed by atoms with Gasteiger partial charge in [-0.3, -0.25) is 0 Å². The molecule has 0 aliphatic carbocycles. The van der Waals surface area contributed by atoms with Crippen molar-refractivity contribution < 1.29 is 4.42 Å². The van der Waals surface area contributed by atoms with E-state index in [4.69, 9.17) is 4.42 Å². The molecule has 0 aliphatic rings. The lowest BCUT2D eigenvalue weighted by Gasteiger charge is -2.28. The van der Waals surface area contributed by atoms with Crippen molar-refractivity contribution in [3.05, 3.63) is 249 Å². The van der Waals surface area contributed by atoms with Crippen LogP contribution in [0.25, 0.3) is 99.1 Å². The van der Waals surface area contributed by atoms with E-state index in [0.717, 1.165) is 66.8 Å². The van der Waals surface area contributed by atoms with Crippen LogP contribution in [0.4, 0.5) is 17.1 Å². The molecule has 0 bridgehead atoms. The van der Waals surface area contributed by atoms with Crippen molar-refractivity contribution in [2.45, 2.75) is 0 Å². The third-order valence-corrected chi connectivity index (χ3v) is 12.7. The Balaban J connectivity index is 0.952. The van der Waals surface area contributed by atoms with Gasteiger partial charge in [-0.25, -0.2) is 0 Å². The first-order chi connectivity index (χ1) is 31.7. The quantitative estimate of drug-likeness (QED) is 0.152. The lowest BCUT2D eigenvalue weighted by atomic mass is 9.95. The van der Waals surface area contributed by atoms with Gasteiger partial charge in [-0.05, 0) is 102 Å². The molecule has 0 aliphatic heterocycles. The van der Waals surface area contributed by atoms with Crippen LogP contribution < -0.4 is 4.90 Å². The minimum atomic E-state index is 0.887. The summed E-state index contributed by atoms with van der Waals surface area (Å²) < 4.78 is 6.63. The molecule has 0 saturated carbocycles. The van der Waals surface area contributed by atoms with Crippen LogP contribution >= 0.6 is 0 Å². The predicted octanol–water partition coefficient (Wildman–Crippen LogP) is 17.7. The van der Waals surface area contributed by atoms with Gasteiger partial charge >= 0.3 is 0 Å². The fraction of sp³-hybridized carbons (Fsp3) is 0. The average molecular weight is 816 g/mol. The van der Waals surface area contributed by atoms with Gasteiger partial charge in [-0.15, -0.1) is 0 Å². The summed E-state index contributed by atoms with van der Waals surface area (Å²) in [5.41, 5.74) is 16.6. The van der Waals surface area contributed by atoms with Crippen molar-refractivity contribution in [1.29, 1.82) is 0 Å². The van der Waals surface area contributed by atoms with E-state index in [1.807, 2.05) is 6.07 Å². The second kappa shape index (κ2) is 15.8. The molecule has 12 rings (SSSR count). The summed E-state index contributed by atoms with van der Waals surface area (Å²) in [6.45, 7) is 0. The summed E-state index contributed by atoms with van der Waals surface area (Å²) in [5, 5.41) is 7.25. The number of fused-ring (bicyclic) bond motifs is 5. The van der Waals surface area contributed by atoms with E-state index in [1.54, 1.807) is 0 Å². The predicted molar refractivity (Wildman–Crippen MR) is 271 cm³/mol. The van der Waals surface area contributed by atoms with Gasteiger partial charge in [0.05, 0.1) is 5.69 Å². The number of benzene rings is 11. The fourth-order valence-corrected chi connectivity index (χ4v) is 9.55. The monoisotopic (exact) mass is 815 g/mol. The van der Waals surface area contributed by atoms with Gasteiger partial charge < -0.3 is 9.32 Å². The Bertz CT molecular complexity index is 3640. The Labute approximate surface area is 372 Å². The highest BCUT2D eigenvalue weighted by molar-refractivity contribution is 6.11. The molecule has 0 saturated heterocycles. The number of para-hydroxylation sites is 3. The third kappa shape index (κ3) is 6.61. The van der Waals surface area contributed by atoms with E-state index >= 15 is 0 Å². The molecule has 0 radical (unpaired) electrons. The van der Waals surface area contributed by atoms with Crippen molar-refractivity contribution in [2.75, 3.05) is 4.90 Å². The second-order valence-electron chi connectivity index (χ2n) is 16.4. The van der Waals surface area contributed by atoms with Crippen LogP contribution in [-0.4, -0.2) is 0 Å².